The molecule has 4 heteroatoms. The lowest BCUT2D eigenvalue weighted by molar-refractivity contribution is -0.128. The molecule has 3 aromatic carbocycles. The molecule has 1 atom stereocenters. The van der Waals surface area contributed by atoms with Gasteiger partial charge in [-0.25, -0.2) is 0 Å². The monoisotopic (exact) mass is 377 g/mol. The van der Waals surface area contributed by atoms with Crippen LogP contribution in [0.2, 0.25) is 0 Å². The number of rotatable bonds is 8. The fourth-order valence-electron chi connectivity index (χ4n) is 3.18. The number of nitrogens with one attached hydrogen (secondary N) is 1. The Morgan fingerprint density at radius 3 is 2.57 bits per heavy atom. The van der Waals surface area contributed by atoms with Gasteiger partial charge in [-0.2, -0.15) is 0 Å². The minimum Gasteiger partial charge on any atom is -0.491 e. The molecule has 0 fully saturated rings. The van der Waals surface area contributed by atoms with Crippen LogP contribution < -0.4 is 14.8 Å². The summed E-state index contributed by atoms with van der Waals surface area (Å²) < 4.78 is 11.8. The first-order valence-electron chi connectivity index (χ1n) is 9.70. The van der Waals surface area contributed by atoms with E-state index >= 15 is 0 Å². The van der Waals surface area contributed by atoms with Gasteiger partial charge >= 0.3 is 0 Å². The molecule has 0 aromatic heterocycles. The standard InChI is InChI=1S/C24H27NO3/c1-4-21(28-22-13-12-17(2)16-18(22)3)24(26)25-14-15-27-23-11-7-9-19-8-5-6-10-20(19)23/h5-13,16,21H,4,14-15H2,1-3H3,(H,25,26). The minimum absolute atomic E-state index is 0.121. The van der Waals surface area contributed by atoms with Crippen LogP contribution in [0.25, 0.3) is 10.8 Å². The van der Waals surface area contributed by atoms with Crippen molar-refractivity contribution in [2.75, 3.05) is 13.2 Å². The van der Waals surface area contributed by atoms with Crippen LogP contribution in [0, 0.1) is 13.8 Å². The van der Waals surface area contributed by atoms with Crippen LogP contribution in [0.3, 0.4) is 0 Å². The lowest BCUT2D eigenvalue weighted by atomic mass is 10.1. The number of benzene rings is 3. The number of hydrogen-bond donors (Lipinski definition) is 1. The van der Waals surface area contributed by atoms with Crippen molar-refractivity contribution in [1.29, 1.82) is 0 Å². The van der Waals surface area contributed by atoms with Crippen LogP contribution >= 0.6 is 0 Å². The predicted molar refractivity (Wildman–Crippen MR) is 113 cm³/mol. The van der Waals surface area contributed by atoms with E-state index in [1.165, 1.54) is 5.56 Å². The second kappa shape index (κ2) is 9.27. The molecule has 0 aliphatic heterocycles. The van der Waals surface area contributed by atoms with Crippen LogP contribution in [-0.2, 0) is 4.79 Å². The molecule has 28 heavy (non-hydrogen) atoms. The van der Waals surface area contributed by atoms with E-state index in [2.05, 4.69) is 23.5 Å². The summed E-state index contributed by atoms with van der Waals surface area (Å²) >= 11 is 0. The SMILES string of the molecule is CCC(Oc1ccc(C)cc1C)C(=O)NCCOc1cccc2ccccc12. The summed E-state index contributed by atoms with van der Waals surface area (Å²) in [6, 6.07) is 20.0. The predicted octanol–water partition coefficient (Wildman–Crippen LogP) is 4.81. The maximum absolute atomic E-state index is 12.5. The Balaban J connectivity index is 1.52. The quantitative estimate of drug-likeness (QED) is 0.573. The Bertz CT molecular complexity index is 946. The molecule has 0 radical (unpaired) electrons. The third kappa shape index (κ3) is 4.83. The highest BCUT2D eigenvalue weighted by atomic mass is 16.5. The van der Waals surface area contributed by atoms with Crippen LogP contribution in [0.4, 0.5) is 0 Å². The van der Waals surface area contributed by atoms with Gasteiger partial charge in [-0.15, -0.1) is 0 Å². The Kier molecular flexibility index (Phi) is 6.53. The topological polar surface area (TPSA) is 47.6 Å². The zero-order chi connectivity index (χ0) is 19.9. The van der Waals surface area contributed by atoms with Crippen molar-refractivity contribution >= 4 is 16.7 Å². The van der Waals surface area contributed by atoms with Crippen LogP contribution in [0.1, 0.15) is 24.5 Å². The van der Waals surface area contributed by atoms with E-state index in [0.717, 1.165) is 27.8 Å². The smallest absolute Gasteiger partial charge is 0.261 e. The van der Waals surface area contributed by atoms with Crippen molar-refractivity contribution in [3.63, 3.8) is 0 Å². The summed E-state index contributed by atoms with van der Waals surface area (Å²) in [5, 5.41) is 5.12. The van der Waals surface area contributed by atoms with Gasteiger partial charge in [0.2, 0.25) is 0 Å². The third-order valence-corrected chi connectivity index (χ3v) is 4.67. The molecule has 3 aromatic rings. The van der Waals surface area contributed by atoms with Crippen molar-refractivity contribution in [2.24, 2.45) is 0 Å². The van der Waals surface area contributed by atoms with E-state index in [-0.39, 0.29) is 5.91 Å². The first-order chi connectivity index (χ1) is 13.6. The molecule has 0 heterocycles. The number of ether oxygens (including phenoxy) is 2. The molecule has 0 saturated carbocycles. The molecule has 1 amide bonds. The van der Waals surface area contributed by atoms with Gasteiger partial charge in [-0.3, -0.25) is 4.79 Å². The van der Waals surface area contributed by atoms with Gasteiger partial charge in [-0.05, 0) is 43.4 Å². The first kappa shape index (κ1) is 19.7. The highest BCUT2D eigenvalue weighted by Crippen LogP contribution is 2.25. The Labute approximate surface area is 166 Å². The van der Waals surface area contributed by atoms with E-state index < -0.39 is 6.10 Å². The number of aryl methyl sites for hydroxylation is 2. The van der Waals surface area contributed by atoms with E-state index in [0.29, 0.717) is 19.6 Å². The fraction of sp³-hybridized carbons (Fsp3) is 0.292. The average molecular weight is 377 g/mol. The minimum atomic E-state index is -0.515. The van der Waals surface area contributed by atoms with Crippen molar-refractivity contribution in [1.82, 2.24) is 5.32 Å². The summed E-state index contributed by atoms with van der Waals surface area (Å²) in [4.78, 5) is 12.5. The fourth-order valence-corrected chi connectivity index (χ4v) is 3.18. The molecule has 1 N–H and O–H groups in total. The molecular formula is C24H27NO3. The summed E-state index contributed by atoms with van der Waals surface area (Å²) in [6.07, 6.45) is 0.0857. The zero-order valence-corrected chi connectivity index (χ0v) is 16.7. The summed E-state index contributed by atoms with van der Waals surface area (Å²) in [7, 11) is 0. The van der Waals surface area contributed by atoms with Crippen molar-refractivity contribution in [3.8, 4) is 11.5 Å². The van der Waals surface area contributed by atoms with Gasteiger partial charge in [-0.1, -0.05) is 61.0 Å². The van der Waals surface area contributed by atoms with Gasteiger partial charge in [0.25, 0.3) is 5.91 Å². The molecule has 0 spiro atoms. The first-order valence-corrected chi connectivity index (χ1v) is 9.70. The van der Waals surface area contributed by atoms with E-state index in [1.54, 1.807) is 0 Å². The highest BCUT2D eigenvalue weighted by Gasteiger charge is 2.18. The summed E-state index contributed by atoms with van der Waals surface area (Å²) in [6.45, 7) is 6.80. The summed E-state index contributed by atoms with van der Waals surface area (Å²) in [5.41, 5.74) is 2.21. The van der Waals surface area contributed by atoms with E-state index in [4.69, 9.17) is 9.47 Å². The normalized spacial score (nSPS) is 11.8. The van der Waals surface area contributed by atoms with Crippen LogP contribution in [0.15, 0.2) is 60.7 Å². The second-order valence-electron chi connectivity index (χ2n) is 6.90. The van der Waals surface area contributed by atoms with E-state index in [9.17, 15) is 4.79 Å². The Morgan fingerprint density at radius 2 is 1.79 bits per heavy atom. The van der Waals surface area contributed by atoms with Gasteiger partial charge in [0.05, 0.1) is 6.54 Å². The maximum atomic E-state index is 12.5. The lowest BCUT2D eigenvalue weighted by Gasteiger charge is -2.19. The molecule has 0 aliphatic carbocycles. The van der Waals surface area contributed by atoms with Crippen LogP contribution in [0.5, 0.6) is 11.5 Å². The second-order valence-corrected chi connectivity index (χ2v) is 6.90. The van der Waals surface area contributed by atoms with Gasteiger partial charge < -0.3 is 14.8 Å². The number of amides is 1. The average Bonchev–Trinajstić information content (AvgIpc) is 2.70. The molecule has 3 rings (SSSR count). The van der Waals surface area contributed by atoms with Crippen molar-refractivity contribution < 1.29 is 14.3 Å². The molecule has 146 valence electrons. The Morgan fingerprint density at radius 1 is 1.00 bits per heavy atom. The number of hydrogen-bond acceptors (Lipinski definition) is 3. The van der Waals surface area contributed by atoms with Crippen molar-refractivity contribution in [2.45, 2.75) is 33.3 Å². The zero-order valence-electron chi connectivity index (χ0n) is 16.7. The molecule has 0 aliphatic rings. The lowest BCUT2D eigenvalue weighted by Crippen LogP contribution is -2.39. The van der Waals surface area contributed by atoms with Crippen LogP contribution in [-0.4, -0.2) is 25.2 Å². The molecular weight excluding hydrogens is 350 g/mol. The number of carbonyl (C=O) groups excluding carboxylic acids is 1. The van der Waals surface area contributed by atoms with Gasteiger partial charge in [0.15, 0.2) is 6.10 Å². The Hall–Kier alpha value is -3.01. The number of carbonyl (C=O) groups is 1. The van der Waals surface area contributed by atoms with Gasteiger partial charge in [0, 0.05) is 5.39 Å². The molecule has 1 unspecified atom stereocenters. The summed E-state index contributed by atoms with van der Waals surface area (Å²) in [5.74, 6) is 1.45. The maximum Gasteiger partial charge on any atom is 0.261 e. The molecule has 0 bridgehead atoms. The number of fused-ring (bicyclic) bond motifs is 1. The largest absolute Gasteiger partial charge is 0.491 e. The van der Waals surface area contributed by atoms with E-state index in [1.807, 2.05) is 63.2 Å². The van der Waals surface area contributed by atoms with Crippen molar-refractivity contribution in [3.05, 3.63) is 71.8 Å². The third-order valence-electron chi connectivity index (χ3n) is 4.67. The highest BCUT2D eigenvalue weighted by molar-refractivity contribution is 5.88. The molecule has 0 saturated heterocycles. The molecule has 4 nitrogen and oxygen atoms in total. The van der Waals surface area contributed by atoms with Gasteiger partial charge in [0.1, 0.15) is 18.1 Å².